The minimum atomic E-state index is -3.81. The van der Waals surface area contributed by atoms with E-state index in [9.17, 15) is 18.0 Å². The van der Waals surface area contributed by atoms with Gasteiger partial charge in [0.15, 0.2) is 6.10 Å². The number of aromatic nitrogens is 1. The summed E-state index contributed by atoms with van der Waals surface area (Å²) < 4.78 is 38.1. The van der Waals surface area contributed by atoms with Gasteiger partial charge in [0.1, 0.15) is 10.6 Å². The van der Waals surface area contributed by atoms with E-state index in [1.807, 2.05) is 24.3 Å². The predicted molar refractivity (Wildman–Crippen MR) is 118 cm³/mol. The Morgan fingerprint density at radius 2 is 1.81 bits per heavy atom. The first kappa shape index (κ1) is 22.0. The number of methoxy groups -OCH3 is 1. The first-order valence-corrected chi connectivity index (χ1v) is 11.8. The summed E-state index contributed by atoms with van der Waals surface area (Å²) in [5.74, 6) is -0.989. The lowest BCUT2D eigenvalue weighted by molar-refractivity contribution is 0.0319. The Hall–Kier alpha value is -3.17. The van der Waals surface area contributed by atoms with Crippen LogP contribution in [0.2, 0.25) is 0 Å². The van der Waals surface area contributed by atoms with E-state index < -0.39 is 22.1 Å². The molecular formula is C23H24N2O6S. The van der Waals surface area contributed by atoms with Crippen molar-refractivity contribution in [3.63, 3.8) is 0 Å². The van der Waals surface area contributed by atoms with Crippen molar-refractivity contribution in [1.82, 2.24) is 9.29 Å². The van der Waals surface area contributed by atoms with Crippen LogP contribution in [0.3, 0.4) is 0 Å². The van der Waals surface area contributed by atoms with E-state index in [2.05, 4.69) is 4.98 Å². The van der Waals surface area contributed by atoms with Crippen molar-refractivity contribution in [3.8, 4) is 5.75 Å². The lowest BCUT2D eigenvalue weighted by atomic mass is 10.1. The zero-order valence-corrected chi connectivity index (χ0v) is 18.6. The molecule has 1 aliphatic heterocycles. The molecule has 0 aliphatic carbocycles. The molecule has 0 bridgehead atoms. The van der Waals surface area contributed by atoms with Gasteiger partial charge in [0.25, 0.3) is 0 Å². The summed E-state index contributed by atoms with van der Waals surface area (Å²) in [6.45, 7) is 2.35. The highest BCUT2D eigenvalue weighted by atomic mass is 32.2. The number of aromatic amines is 1. The number of ether oxygens (including phenoxy) is 2. The van der Waals surface area contributed by atoms with Crippen LogP contribution in [0.25, 0.3) is 10.9 Å². The van der Waals surface area contributed by atoms with Crippen LogP contribution in [0.5, 0.6) is 5.75 Å². The van der Waals surface area contributed by atoms with Gasteiger partial charge in [-0.05, 0) is 44.0 Å². The fourth-order valence-electron chi connectivity index (χ4n) is 3.85. The van der Waals surface area contributed by atoms with E-state index in [4.69, 9.17) is 9.47 Å². The fourth-order valence-corrected chi connectivity index (χ4v) is 5.55. The SMILES string of the molecule is COc1ccc(C(=O)OC(C)C(=O)c2c[nH]c3ccccc23)cc1S(=O)(=O)N1CCCC1. The number of H-pyrrole nitrogens is 1. The maximum atomic E-state index is 13.0. The van der Waals surface area contributed by atoms with Crippen LogP contribution in [0, 0.1) is 0 Å². The number of hydrogen-bond acceptors (Lipinski definition) is 6. The van der Waals surface area contributed by atoms with Crippen molar-refractivity contribution < 1.29 is 27.5 Å². The Bertz CT molecular complexity index is 1270. The normalized spacial score (nSPS) is 15.6. The first-order valence-electron chi connectivity index (χ1n) is 10.3. The van der Waals surface area contributed by atoms with Crippen molar-refractivity contribution in [2.75, 3.05) is 20.2 Å². The molecule has 1 atom stereocenters. The molecule has 2 heterocycles. The van der Waals surface area contributed by atoms with E-state index >= 15 is 0 Å². The van der Waals surface area contributed by atoms with Crippen molar-refractivity contribution in [2.45, 2.75) is 30.8 Å². The number of sulfonamides is 1. The zero-order valence-electron chi connectivity index (χ0n) is 17.8. The van der Waals surface area contributed by atoms with Crippen LogP contribution in [0.4, 0.5) is 0 Å². The molecule has 0 amide bonds. The molecule has 0 spiro atoms. The highest BCUT2D eigenvalue weighted by Gasteiger charge is 2.31. The number of para-hydroxylation sites is 1. The number of Topliss-reactive ketones (excluding diaryl/α,β-unsaturated/α-hetero) is 1. The lowest BCUT2D eigenvalue weighted by Gasteiger charge is -2.18. The topological polar surface area (TPSA) is 106 Å². The van der Waals surface area contributed by atoms with Crippen LogP contribution in [-0.2, 0) is 14.8 Å². The monoisotopic (exact) mass is 456 g/mol. The lowest BCUT2D eigenvalue weighted by Crippen LogP contribution is -2.28. The molecule has 1 aromatic heterocycles. The molecule has 168 valence electrons. The number of nitrogens with one attached hydrogen (secondary N) is 1. The fraction of sp³-hybridized carbons (Fsp3) is 0.304. The third-order valence-electron chi connectivity index (χ3n) is 5.59. The molecular weight excluding hydrogens is 432 g/mol. The van der Waals surface area contributed by atoms with Crippen LogP contribution in [-0.4, -0.2) is 55.8 Å². The number of hydrogen-bond donors (Lipinski definition) is 1. The summed E-state index contributed by atoms with van der Waals surface area (Å²) in [5, 5.41) is 0.740. The number of carbonyl (C=O) groups is 2. The van der Waals surface area contributed by atoms with Crippen molar-refractivity contribution in [2.24, 2.45) is 0 Å². The number of ketones is 1. The summed E-state index contributed by atoms with van der Waals surface area (Å²) in [5.41, 5.74) is 1.26. The van der Waals surface area contributed by atoms with Gasteiger partial charge in [-0.15, -0.1) is 0 Å². The minimum Gasteiger partial charge on any atom is -0.495 e. The Labute approximate surface area is 186 Å². The number of esters is 1. The molecule has 2 aromatic carbocycles. The zero-order chi connectivity index (χ0) is 22.9. The second-order valence-corrected chi connectivity index (χ2v) is 9.54. The predicted octanol–water partition coefficient (Wildman–Crippen LogP) is 3.39. The largest absolute Gasteiger partial charge is 0.495 e. The molecule has 1 unspecified atom stereocenters. The second kappa shape index (κ2) is 8.76. The van der Waals surface area contributed by atoms with Crippen molar-refractivity contribution in [3.05, 3.63) is 59.8 Å². The molecule has 1 saturated heterocycles. The summed E-state index contributed by atoms with van der Waals surface area (Å²) >= 11 is 0. The van der Waals surface area contributed by atoms with E-state index in [-0.39, 0.29) is 22.0 Å². The van der Waals surface area contributed by atoms with Gasteiger partial charge in [0.2, 0.25) is 15.8 Å². The van der Waals surface area contributed by atoms with Crippen LogP contribution >= 0.6 is 0 Å². The van der Waals surface area contributed by atoms with Gasteiger partial charge in [-0.2, -0.15) is 4.31 Å². The third-order valence-corrected chi connectivity index (χ3v) is 7.51. The van der Waals surface area contributed by atoms with Crippen LogP contribution in [0.15, 0.2) is 53.6 Å². The quantitative estimate of drug-likeness (QED) is 0.432. The molecule has 0 radical (unpaired) electrons. The van der Waals surface area contributed by atoms with E-state index in [0.717, 1.165) is 23.7 Å². The molecule has 32 heavy (non-hydrogen) atoms. The average molecular weight is 457 g/mol. The molecule has 1 fully saturated rings. The first-order chi connectivity index (χ1) is 15.3. The van der Waals surface area contributed by atoms with Gasteiger partial charge in [0, 0.05) is 35.8 Å². The molecule has 4 rings (SSSR count). The number of benzene rings is 2. The van der Waals surface area contributed by atoms with Gasteiger partial charge in [-0.1, -0.05) is 18.2 Å². The third kappa shape index (κ3) is 4.01. The smallest absolute Gasteiger partial charge is 0.338 e. The van der Waals surface area contributed by atoms with Crippen LogP contribution < -0.4 is 4.74 Å². The Morgan fingerprint density at radius 1 is 1.09 bits per heavy atom. The molecule has 1 N–H and O–H groups in total. The van der Waals surface area contributed by atoms with Crippen molar-refractivity contribution >= 4 is 32.7 Å². The maximum absolute atomic E-state index is 13.0. The standard InChI is InChI=1S/C23H24N2O6S/c1-15(22(26)18-14-24-19-8-4-3-7-17(18)19)31-23(27)16-9-10-20(30-2)21(13-16)32(28,29)25-11-5-6-12-25/h3-4,7-10,13-15,24H,5-6,11-12H2,1-2H3. The number of carbonyl (C=O) groups excluding carboxylic acids is 2. The highest BCUT2D eigenvalue weighted by molar-refractivity contribution is 7.89. The number of fused-ring (bicyclic) bond motifs is 1. The van der Waals surface area contributed by atoms with Gasteiger partial charge >= 0.3 is 5.97 Å². The Kier molecular flexibility index (Phi) is 6.03. The number of nitrogens with zero attached hydrogens (tertiary/aromatic N) is 1. The van der Waals surface area contributed by atoms with Gasteiger partial charge in [0.05, 0.1) is 12.7 Å². The summed E-state index contributed by atoms with van der Waals surface area (Å²) in [6, 6.07) is 11.4. The van der Waals surface area contributed by atoms with Crippen molar-refractivity contribution in [1.29, 1.82) is 0 Å². The summed E-state index contributed by atoms with van der Waals surface area (Å²) in [4.78, 5) is 28.6. The van der Waals surface area contributed by atoms with Crippen LogP contribution in [0.1, 0.15) is 40.5 Å². The molecule has 1 aliphatic rings. The molecule has 9 heteroatoms. The second-order valence-electron chi connectivity index (χ2n) is 7.64. The number of rotatable bonds is 7. The van der Waals surface area contributed by atoms with E-state index in [0.29, 0.717) is 18.7 Å². The summed E-state index contributed by atoms with van der Waals surface area (Å²) in [6.07, 6.45) is 2.11. The molecule has 8 nitrogen and oxygen atoms in total. The van der Waals surface area contributed by atoms with Gasteiger partial charge < -0.3 is 14.5 Å². The molecule has 0 saturated carbocycles. The Morgan fingerprint density at radius 3 is 2.53 bits per heavy atom. The average Bonchev–Trinajstić information content (AvgIpc) is 3.48. The molecule has 3 aromatic rings. The van der Waals surface area contributed by atoms with Gasteiger partial charge in [-0.25, -0.2) is 13.2 Å². The maximum Gasteiger partial charge on any atom is 0.338 e. The van der Waals surface area contributed by atoms with E-state index in [1.165, 1.54) is 36.5 Å². The van der Waals surface area contributed by atoms with E-state index in [1.54, 1.807) is 6.20 Å². The summed E-state index contributed by atoms with van der Waals surface area (Å²) in [7, 11) is -2.44. The minimum absolute atomic E-state index is 0.0298. The highest BCUT2D eigenvalue weighted by Crippen LogP contribution is 2.30. The Balaban J connectivity index is 1.57. The van der Waals surface area contributed by atoms with Gasteiger partial charge in [-0.3, -0.25) is 4.79 Å².